The zero-order valence-electron chi connectivity index (χ0n) is 51.4. The molecule has 6 fully saturated rings. The molecule has 0 saturated carbocycles. The number of aliphatic carboxylic acids is 1. The Morgan fingerprint density at radius 1 is 0.558 bits per heavy atom. The molecule has 7 rings (SSSR count). The molecular weight excluding hydrogens is 1310 g/mol. The first-order valence-corrected chi connectivity index (χ1v) is 31.1. The summed E-state index contributed by atoms with van der Waals surface area (Å²) in [7, 11) is -5.45. The van der Waals surface area contributed by atoms with Crippen LogP contribution < -0.4 is 21.3 Å². The van der Waals surface area contributed by atoms with Crippen LogP contribution in [0.5, 0.6) is 0 Å². The number of rotatable bonds is 27. The molecule has 0 aromatic heterocycles. The van der Waals surface area contributed by atoms with E-state index in [1.165, 1.54) is 6.92 Å². The van der Waals surface area contributed by atoms with Crippen molar-refractivity contribution in [3.8, 4) is 0 Å². The van der Waals surface area contributed by atoms with Gasteiger partial charge < -0.3 is 155 Å². The maximum atomic E-state index is 13.4. The van der Waals surface area contributed by atoms with Crippen LogP contribution in [-0.2, 0) is 102 Å². The van der Waals surface area contributed by atoms with E-state index in [1.54, 1.807) is 30.3 Å². The number of benzene rings is 1. The highest BCUT2D eigenvalue weighted by Crippen LogP contribution is 2.40. The number of carboxylic acid groups (broad SMARTS) is 1. The number of aliphatic hydroxyl groups excluding tert-OH is 14. The highest BCUT2D eigenvalue weighted by molar-refractivity contribution is 7.80. The Kier molecular flexibility index (Phi) is 27.4. The molecule has 0 radical (unpaired) electrons. The van der Waals surface area contributed by atoms with Crippen molar-refractivity contribution < 1.29 is 175 Å². The molecule has 6 aliphatic rings. The van der Waals surface area contributed by atoms with Crippen molar-refractivity contribution in [2.45, 2.75) is 237 Å². The molecule has 6 aliphatic heterocycles. The molecular formula is C54H84N4O36S. The number of carbonyl (C=O) groups is 5. The second-order valence-electron chi connectivity index (χ2n) is 23.5. The maximum absolute atomic E-state index is 13.4. The smallest absolute Gasteiger partial charge is 0.397 e. The van der Waals surface area contributed by atoms with Crippen LogP contribution in [0.3, 0.4) is 0 Å². The van der Waals surface area contributed by atoms with Gasteiger partial charge >= 0.3 is 16.4 Å². The van der Waals surface area contributed by atoms with Gasteiger partial charge in [-0.15, -0.1) is 0 Å². The van der Waals surface area contributed by atoms with Crippen molar-refractivity contribution in [2.24, 2.45) is 0 Å². The van der Waals surface area contributed by atoms with Crippen LogP contribution in [0.1, 0.15) is 46.6 Å². The Hall–Kier alpha value is -4.60. The second kappa shape index (κ2) is 33.5. The van der Waals surface area contributed by atoms with E-state index in [-0.39, 0.29) is 6.61 Å². The summed E-state index contributed by atoms with van der Waals surface area (Å²) in [6, 6.07) is 1.13. The number of nitrogens with one attached hydrogen (secondary N) is 4. The van der Waals surface area contributed by atoms with Gasteiger partial charge in [-0.3, -0.25) is 23.7 Å². The van der Waals surface area contributed by atoms with Gasteiger partial charge in [0.1, 0.15) is 134 Å². The fourth-order valence-corrected chi connectivity index (χ4v) is 12.0. The molecule has 20 N–H and O–H groups in total. The maximum Gasteiger partial charge on any atom is 0.397 e. The van der Waals surface area contributed by atoms with Crippen molar-refractivity contribution >= 4 is 40.0 Å². The third-order valence-electron chi connectivity index (χ3n) is 16.4. The summed E-state index contributed by atoms with van der Waals surface area (Å²) in [6.45, 7) is -0.694. The summed E-state index contributed by atoms with van der Waals surface area (Å²) >= 11 is 0. The molecule has 0 bridgehead atoms. The minimum absolute atomic E-state index is 0.356. The van der Waals surface area contributed by atoms with Gasteiger partial charge in [0.2, 0.25) is 23.6 Å². The number of hydrogen-bond acceptors (Lipinski definition) is 34. The zero-order chi connectivity index (χ0) is 70.3. The van der Waals surface area contributed by atoms with Crippen LogP contribution in [-0.4, -0.2) is 342 Å². The van der Waals surface area contributed by atoms with Gasteiger partial charge in [-0.1, -0.05) is 30.3 Å². The fourth-order valence-electron chi connectivity index (χ4n) is 11.7. The van der Waals surface area contributed by atoms with E-state index in [0.717, 1.165) is 27.7 Å². The highest BCUT2D eigenvalue weighted by atomic mass is 32.3. The van der Waals surface area contributed by atoms with Crippen molar-refractivity contribution in [3.05, 3.63) is 35.9 Å². The second-order valence-corrected chi connectivity index (χ2v) is 24.5. The standard InChI is InChI=1S/C54H84N4O36S/c1-18-34(68)40(74)41(75)51(85-18)92-46-33(58-22(5)65)49(87-27(14-61)43(46)90-50-31(56-20(3)63)39(73)36(70)26(13-60)86-50)83-16-28-37(71)44(32(57-21(4)64)48(88-28)82-15-23-9-7-6-8-10-23)91-52-42(76)47(38(72)29(89-52)17-84-95(79,80)81)94-54(53(77)78)11-24(66)30(55-19(2)62)45(93-54)35(69)25(67)12-59/h6-10,18,24-52,59-61,66-76H,11-17H2,1-5H3,(H,55,62)(H,56,63)(H,57,64)(H,58,65)(H,77,78)(H,79,80,81)/t18-,24-,25+,26+,27+,28+,29+,30-,31+,32+,33+,34+,35+,36-,37-,38-,39+,40+,41-,42+,43+,44+,45+,46+,47-,48-,49+,50-,51-,52-,54-/m0/s1. The van der Waals surface area contributed by atoms with Crippen LogP contribution in [0, 0.1) is 0 Å². The predicted molar refractivity (Wildman–Crippen MR) is 301 cm³/mol. The summed E-state index contributed by atoms with van der Waals surface area (Å²) in [4.78, 5) is 64.6. The third kappa shape index (κ3) is 18.8. The molecule has 0 aliphatic carbocycles. The monoisotopic (exact) mass is 1400 g/mol. The molecule has 0 unspecified atom stereocenters. The van der Waals surface area contributed by atoms with E-state index in [4.69, 9.17) is 56.8 Å². The molecule has 31 atom stereocenters. The zero-order valence-corrected chi connectivity index (χ0v) is 52.2. The van der Waals surface area contributed by atoms with E-state index in [0.29, 0.717) is 5.56 Å². The van der Waals surface area contributed by atoms with E-state index < -0.39 is 269 Å². The number of carboxylic acids is 1. The van der Waals surface area contributed by atoms with E-state index in [1.807, 2.05) is 0 Å². The SMILES string of the molecule is CC(=O)N[C@@H]1[C@H]([C@H](O)[C@H](O)CO)O[C@@](O[C@H]2[C@@H](O)[C@@H](COS(=O)(=O)O)O[C@@H](O[C@H]3[C@@H](O)[C@@H](CO[C@@H]4O[C@H](CO)[C@@H](O[C@@H]5O[C@H](CO)[C@H](O)[C@H](O)[C@H]5NC(C)=O)[C@H](O[C@@H]5O[C@@H](C)[C@@H](O)[C@@H](O)[C@@H]5O)[C@H]4NC(C)=O)O[C@H](OCc4ccccc4)[C@@H]3NC(C)=O)[C@@H]2O)(C(=O)O)C[C@@H]1O. The molecule has 6 saturated heterocycles. The summed E-state index contributed by atoms with van der Waals surface area (Å²) in [5.74, 6) is -8.99. The lowest BCUT2D eigenvalue weighted by Crippen LogP contribution is -2.71. The van der Waals surface area contributed by atoms with E-state index in [2.05, 4.69) is 25.5 Å². The fraction of sp³-hybridized carbons (Fsp3) is 0.796. The molecule has 1 aromatic carbocycles. The van der Waals surface area contributed by atoms with Crippen LogP contribution >= 0.6 is 0 Å². The Bertz CT molecular complexity index is 2810. The van der Waals surface area contributed by atoms with Gasteiger partial charge in [0, 0.05) is 34.1 Å². The van der Waals surface area contributed by atoms with Crippen LogP contribution in [0.25, 0.3) is 0 Å². The number of aliphatic hydroxyl groups is 14. The van der Waals surface area contributed by atoms with E-state index in [9.17, 15) is 114 Å². The van der Waals surface area contributed by atoms with Gasteiger partial charge in [0.05, 0.1) is 57.9 Å². The van der Waals surface area contributed by atoms with Crippen molar-refractivity contribution in [2.75, 3.05) is 33.0 Å². The Labute approximate surface area is 540 Å². The van der Waals surface area contributed by atoms with Gasteiger partial charge in [0.15, 0.2) is 31.5 Å². The van der Waals surface area contributed by atoms with Crippen molar-refractivity contribution in [3.63, 3.8) is 0 Å². The quantitative estimate of drug-likeness (QED) is 0.0364. The topological polar surface area (TPSA) is 611 Å². The van der Waals surface area contributed by atoms with Crippen LogP contribution in [0.4, 0.5) is 0 Å². The lowest BCUT2D eigenvalue weighted by Gasteiger charge is -2.51. The van der Waals surface area contributed by atoms with Crippen LogP contribution in [0.15, 0.2) is 30.3 Å². The molecule has 1 aromatic rings. The first-order valence-electron chi connectivity index (χ1n) is 29.8. The predicted octanol–water partition coefficient (Wildman–Crippen LogP) is -11.2. The summed E-state index contributed by atoms with van der Waals surface area (Å²) in [5, 5.41) is 176. The molecule has 41 heteroatoms. The molecule has 4 amide bonds. The number of carbonyl (C=O) groups excluding carboxylic acids is 4. The minimum atomic E-state index is -5.45. The van der Waals surface area contributed by atoms with Gasteiger partial charge in [-0.25, -0.2) is 8.98 Å². The normalized spacial score (nSPS) is 41.6. The Morgan fingerprint density at radius 3 is 1.64 bits per heavy atom. The Morgan fingerprint density at radius 2 is 1.06 bits per heavy atom. The summed E-state index contributed by atoms with van der Waals surface area (Å²) in [5.41, 5.74) is 0.469. The third-order valence-corrected chi connectivity index (χ3v) is 16.8. The average Bonchev–Trinajstić information content (AvgIpc) is 0.763. The number of hydrogen-bond donors (Lipinski definition) is 20. The molecule has 6 heterocycles. The van der Waals surface area contributed by atoms with Gasteiger partial charge in [0.25, 0.3) is 5.79 Å². The van der Waals surface area contributed by atoms with Crippen molar-refractivity contribution in [1.82, 2.24) is 21.3 Å². The van der Waals surface area contributed by atoms with Gasteiger partial charge in [-0.2, -0.15) is 8.42 Å². The first kappa shape index (κ1) is 77.7. The Balaban J connectivity index is 1.28. The number of ether oxygens (including phenoxy) is 12. The molecule has 40 nitrogen and oxygen atoms in total. The van der Waals surface area contributed by atoms with Crippen LogP contribution in [0.2, 0.25) is 0 Å². The molecule has 0 spiro atoms. The van der Waals surface area contributed by atoms with Crippen molar-refractivity contribution in [1.29, 1.82) is 0 Å². The lowest BCUT2D eigenvalue weighted by molar-refractivity contribution is -0.383. The average molecular weight is 1400 g/mol. The number of amides is 4. The van der Waals surface area contributed by atoms with Gasteiger partial charge in [-0.05, 0) is 12.5 Å². The first-order chi connectivity index (χ1) is 44.6. The lowest BCUT2D eigenvalue weighted by atomic mass is 9.88. The highest BCUT2D eigenvalue weighted by Gasteiger charge is 2.62. The molecule has 95 heavy (non-hydrogen) atoms. The molecule has 542 valence electrons. The largest absolute Gasteiger partial charge is 0.477 e. The summed E-state index contributed by atoms with van der Waals surface area (Å²) in [6.07, 6.45) is -54.2. The summed E-state index contributed by atoms with van der Waals surface area (Å²) < 4.78 is 111. The minimum Gasteiger partial charge on any atom is -0.477 e. The van der Waals surface area contributed by atoms with E-state index >= 15 is 0 Å².